The summed E-state index contributed by atoms with van der Waals surface area (Å²) in [6.07, 6.45) is 0. The maximum absolute atomic E-state index is 6.54. The highest BCUT2D eigenvalue weighted by molar-refractivity contribution is 6.22. The van der Waals surface area contributed by atoms with Crippen LogP contribution < -0.4 is 0 Å². The number of benzene rings is 8. The van der Waals surface area contributed by atoms with Crippen LogP contribution in [-0.2, 0) is 0 Å². The maximum Gasteiger partial charge on any atom is 0.238 e. The van der Waals surface area contributed by atoms with Gasteiger partial charge < -0.3 is 8.98 Å². The Hall–Kier alpha value is -7.50. The van der Waals surface area contributed by atoms with Crippen molar-refractivity contribution < 1.29 is 4.42 Å². The lowest BCUT2D eigenvalue weighted by molar-refractivity contribution is 0.651. The van der Waals surface area contributed by atoms with Gasteiger partial charge in [-0.2, -0.15) is 4.98 Å². The predicted octanol–water partition coefficient (Wildman–Crippen LogP) is 13.0. The molecule has 0 amide bonds. The van der Waals surface area contributed by atoms with Gasteiger partial charge in [-0.3, -0.25) is 4.57 Å². The molecule has 1 aliphatic rings. The molecule has 4 aromatic heterocycles. The van der Waals surface area contributed by atoms with Crippen molar-refractivity contribution in [2.45, 2.75) is 0 Å². The molecule has 5 nitrogen and oxygen atoms in total. The van der Waals surface area contributed by atoms with Crippen LogP contribution in [0.5, 0.6) is 0 Å². The molecule has 5 heteroatoms. The highest BCUT2D eigenvalue weighted by Gasteiger charge is 2.26. The summed E-state index contributed by atoms with van der Waals surface area (Å²) in [5.41, 5.74) is 13.8. The Bertz CT molecular complexity index is 3620. The molecule has 13 rings (SSSR count). The second kappa shape index (κ2) is 10.6. The molecular formula is C50H28N4O. The van der Waals surface area contributed by atoms with Crippen LogP contribution in [0.2, 0.25) is 0 Å². The largest absolute Gasteiger partial charge is 0.437 e. The number of aromatic nitrogens is 4. The van der Waals surface area contributed by atoms with Crippen LogP contribution >= 0.6 is 0 Å². The van der Waals surface area contributed by atoms with E-state index >= 15 is 0 Å². The van der Waals surface area contributed by atoms with E-state index in [9.17, 15) is 0 Å². The fraction of sp³-hybridized carbons (Fsp3) is 0. The van der Waals surface area contributed by atoms with Crippen LogP contribution in [0.3, 0.4) is 0 Å². The number of nitrogens with zero attached hydrogens (tertiary/aromatic N) is 4. The molecule has 1 aliphatic heterocycles. The zero-order valence-corrected chi connectivity index (χ0v) is 29.4. The van der Waals surface area contributed by atoms with Crippen LogP contribution in [0, 0.1) is 0 Å². The quantitative estimate of drug-likeness (QED) is 0.180. The first kappa shape index (κ1) is 29.0. The Balaban J connectivity index is 1.16. The molecule has 0 saturated carbocycles. The second-order valence-corrected chi connectivity index (χ2v) is 14.6. The predicted molar refractivity (Wildman–Crippen MR) is 225 cm³/mol. The Labute approximate surface area is 313 Å². The minimum atomic E-state index is 0.569. The first-order valence-corrected chi connectivity index (χ1v) is 18.7. The van der Waals surface area contributed by atoms with E-state index in [1.54, 1.807) is 0 Å². The number of hydrogen-bond donors (Lipinski definition) is 0. The minimum absolute atomic E-state index is 0.569. The summed E-state index contributed by atoms with van der Waals surface area (Å²) in [4.78, 5) is 10.7. The van der Waals surface area contributed by atoms with E-state index < -0.39 is 0 Å². The van der Waals surface area contributed by atoms with E-state index in [0.29, 0.717) is 11.7 Å². The Kier molecular flexibility index (Phi) is 5.57. The van der Waals surface area contributed by atoms with Crippen molar-refractivity contribution in [1.29, 1.82) is 0 Å². The molecule has 0 N–H and O–H groups in total. The molecule has 0 spiro atoms. The Morgan fingerprint density at radius 1 is 0.418 bits per heavy atom. The highest BCUT2D eigenvalue weighted by atomic mass is 16.3. The van der Waals surface area contributed by atoms with E-state index in [0.717, 1.165) is 54.8 Å². The van der Waals surface area contributed by atoms with Gasteiger partial charge in [0, 0.05) is 43.6 Å². The molecule has 254 valence electrons. The van der Waals surface area contributed by atoms with Crippen molar-refractivity contribution in [3.05, 3.63) is 170 Å². The summed E-state index contributed by atoms with van der Waals surface area (Å²) < 4.78 is 11.2. The van der Waals surface area contributed by atoms with Gasteiger partial charge in [-0.25, -0.2) is 4.98 Å². The molecule has 0 bridgehead atoms. The van der Waals surface area contributed by atoms with Gasteiger partial charge >= 0.3 is 0 Å². The van der Waals surface area contributed by atoms with Gasteiger partial charge in [0.1, 0.15) is 5.58 Å². The molecule has 0 saturated heterocycles. The molecule has 12 aromatic rings. The van der Waals surface area contributed by atoms with Crippen molar-refractivity contribution in [2.24, 2.45) is 0 Å². The SMILES string of the molecule is c1ccc2c(c1)-c1ccccc1-n1c3cc4c5ccccc5n(-c5nc(-c6ccc7ccccc7c6)c6c(n5)oc5ccccc56)c4cc3c3cccc-2c31. The van der Waals surface area contributed by atoms with Gasteiger partial charge in [-0.05, 0) is 58.3 Å². The molecule has 0 unspecified atom stereocenters. The molecule has 8 aromatic carbocycles. The van der Waals surface area contributed by atoms with Crippen molar-refractivity contribution in [2.75, 3.05) is 0 Å². The summed E-state index contributed by atoms with van der Waals surface area (Å²) in [6.45, 7) is 0. The van der Waals surface area contributed by atoms with Gasteiger partial charge in [0.05, 0.1) is 38.8 Å². The van der Waals surface area contributed by atoms with Crippen molar-refractivity contribution in [3.63, 3.8) is 0 Å². The lowest BCUT2D eigenvalue weighted by Gasteiger charge is -2.12. The lowest BCUT2D eigenvalue weighted by atomic mass is 9.94. The Morgan fingerprint density at radius 3 is 1.96 bits per heavy atom. The second-order valence-electron chi connectivity index (χ2n) is 14.6. The summed E-state index contributed by atoms with van der Waals surface area (Å²) in [5.74, 6) is 0.574. The lowest BCUT2D eigenvalue weighted by Crippen LogP contribution is -2.03. The molecule has 0 atom stereocenters. The van der Waals surface area contributed by atoms with Crippen LogP contribution in [0.4, 0.5) is 0 Å². The third kappa shape index (κ3) is 3.86. The first-order chi connectivity index (χ1) is 27.3. The van der Waals surface area contributed by atoms with E-state index in [1.807, 2.05) is 18.2 Å². The van der Waals surface area contributed by atoms with Gasteiger partial charge in [0.2, 0.25) is 11.7 Å². The number of para-hydroxylation sites is 4. The zero-order chi connectivity index (χ0) is 35.8. The topological polar surface area (TPSA) is 48.8 Å². The maximum atomic E-state index is 6.54. The van der Waals surface area contributed by atoms with E-state index in [-0.39, 0.29) is 0 Å². The normalized spacial score (nSPS) is 12.4. The van der Waals surface area contributed by atoms with E-state index in [4.69, 9.17) is 14.4 Å². The zero-order valence-electron chi connectivity index (χ0n) is 29.4. The molecule has 0 aliphatic carbocycles. The molecule has 5 heterocycles. The van der Waals surface area contributed by atoms with Gasteiger partial charge in [0.25, 0.3) is 0 Å². The van der Waals surface area contributed by atoms with Crippen molar-refractivity contribution >= 4 is 76.5 Å². The van der Waals surface area contributed by atoms with E-state index in [1.165, 1.54) is 55.1 Å². The number of furan rings is 1. The van der Waals surface area contributed by atoms with Crippen LogP contribution in [0.15, 0.2) is 174 Å². The van der Waals surface area contributed by atoms with E-state index in [2.05, 4.69) is 161 Å². The fourth-order valence-electron chi connectivity index (χ4n) is 9.32. The summed E-state index contributed by atoms with van der Waals surface area (Å²) in [7, 11) is 0. The Morgan fingerprint density at radius 2 is 1.07 bits per heavy atom. The fourth-order valence-corrected chi connectivity index (χ4v) is 9.32. The van der Waals surface area contributed by atoms with Gasteiger partial charge in [-0.15, -0.1) is 0 Å². The average molecular weight is 701 g/mol. The molecule has 55 heavy (non-hydrogen) atoms. The standard InChI is InChI=1S/C50H28N4O/c1-2-13-30-26-31(25-24-29(30)12-1)47-46-38-18-7-10-23-45(38)55-49(46)52-50(51-47)54-42-22-9-6-17-35(42)39-27-43-40(28-44(39)54)37-20-11-19-36-33-15-4-3-14-32(33)34-16-5-8-21-41(34)53(43)48(36)37/h1-28H. The van der Waals surface area contributed by atoms with Crippen LogP contribution in [0.1, 0.15) is 0 Å². The summed E-state index contributed by atoms with van der Waals surface area (Å²) >= 11 is 0. The monoisotopic (exact) mass is 700 g/mol. The highest BCUT2D eigenvalue weighted by Crippen LogP contribution is 2.48. The van der Waals surface area contributed by atoms with Crippen LogP contribution in [0.25, 0.3) is 122 Å². The van der Waals surface area contributed by atoms with Gasteiger partial charge in [-0.1, -0.05) is 133 Å². The minimum Gasteiger partial charge on any atom is -0.437 e. The van der Waals surface area contributed by atoms with Crippen molar-refractivity contribution in [1.82, 2.24) is 19.1 Å². The molecular weight excluding hydrogens is 673 g/mol. The summed E-state index contributed by atoms with van der Waals surface area (Å²) in [6, 6.07) is 60.8. The number of rotatable bonds is 2. The number of hydrogen-bond acceptors (Lipinski definition) is 3. The third-order valence-corrected chi connectivity index (χ3v) is 11.7. The third-order valence-electron chi connectivity index (χ3n) is 11.7. The summed E-state index contributed by atoms with van der Waals surface area (Å²) in [5, 5.41) is 8.95. The molecule has 0 radical (unpaired) electrons. The smallest absolute Gasteiger partial charge is 0.238 e. The number of fused-ring (bicyclic) bond motifs is 15. The van der Waals surface area contributed by atoms with Crippen molar-refractivity contribution in [3.8, 4) is 45.1 Å². The first-order valence-electron chi connectivity index (χ1n) is 18.7. The van der Waals surface area contributed by atoms with Gasteiger partial charge in [0.15, 0.2) is 0 Å². The van der Waals surface area contributed by atoms with Crippen LogP contribution in [-0.4, -0.2) is 19.1 Å². The molecule has 0 fully saturated rings. The average Bonchev–Trinajstić information content (AvgIpc) is 3.86.